The molecule has 15 rings (SSSR count). The minimum Gasteiger partial charge on any atom is -0.456 e. The van der Waals surface area contributed by atoms with Crippen LogP contribution < -0.4 is 4.90 Å². The van der Waals surface area contributed by atoms with Crippen molar-refractivity contribution in [1.29, 1.82) is 0 Å². The average Bonchev–Trinajstić information content (AvgIpc) is 4.06. The third-order valence-electron chi connectivity index (χ3n) is 15.5. The summed E-state index contributed by atoms with van der Waals surface area (Å²) in [6.07, 6.45) is 0. The van der Waals surface area contributed by atoms with Gasteiger partial charge in [0, 0.05) is 59.5 Å². The van der Waals surface area contributed by atoms with E-state index in [-0.39, 0.29) is 5.41 Å². The van der Waals surface area contributed by atoms with Gasteiger partial charge in [-0.15, -0.1) is 11.3 Å². The van der Waals surface area contributed by atoms with Crippen LogP contribution in [0, 0.1) is 0 Å². The van der Waals surface area contributed by atoms with Crippen LogP contribution in [0.15, 0.2) is 217 Å². The number of furan rings is 1. The Kier molecular flexibility index (Phi) is 7.41. The maximum Gasteiger partial charge on any atom is 0.137 e. The summed E-state index contributed by atoms with van der Waals surface area (Å²) in [7, 11) is 0. The maximum absolute atomic E-state index is 6.64. The summed E-state index contributed by atoms with van der Waals surface area (Å²) in [6, 6.07) is 79.9. The van der Waals surface area contributed by atoms with Gasteiger partial charge in [0.1, 0.15) is 11.2 Å². The Bertz CT molecular complexity index is 4110. The molecule has 3 heteroatoms. The predicted octanol–water partition coefficient (Wildman–Crippen LogP) is 17.7. The Morgan fingerprint density at radius 1 is 0.328 bits per heavy atom. The molecule has 2 aromatic heterocycles. The lowest BCUT2D eigenvalue weighted by Gasteiger charge is -2.36. The van der Waals surface area contributed by atoms with Gasteiger partial charge in [0.2, 0.25) is 0 Å². The Hall–Kier alpha value is -7.98. The molecule has 0 aliphatic heterocycles. The van der Waals surface area contributed by atoms with Crippen molar-refractivity contribution in [2.75, 3.05) is 4.90 Å². The fourth-order valence-corrected chi connectivity index (χ4v) is 13.7. The van der Waals surface area contributed by atoms with Crippen molar-refractivity contribution >= 4 is 70.5 Å². The lowest BCUT2D eigenvalue weighted by atomic mass is 9.65. The second kappa shape index (κ2) is 13.3. The number of anilines is 3. The molecule has 1 spiro atoms. The largest absolute Gasteiger partial charge is 0.456 e. The van der Waals surface area contributed by atoms with E-state index in [2.05, 4.69) is 231 Å². The standard InChI is InChI=1S/C64H41NOS/c1-63(2)53-22-10-5-18-44(53)47-31-28-38(33-56(47)63)65(40-29-32-49-48-20-8-13-25-59(48)66-60(49)35-40)39-27-30-46-42-16-4-3-15-41(42)43-17-6-11-23-54(43)64(57(46)34-39)55-24-12-7-19-45(55)51-37-62-52(36-58(51)64)50-21-9-14-26-61(50)67-62/h3-37H,1-2H3. The molecule has 314 valence electrons. The van der Waals surface area contributed by atoms with Gasteiger partial charge in [0.25, 0.3) is 0 Å². The summed E-state index contributed by atoms with van der Waals surface area (Å²) < 4.78 is 9.27. The van der Waals surface area contributed by atoms with E-state index in [9.17, 15) is 0 Å². The molecule has 10 aromatic carbocycles. The molecule has 0 radical (unpaired) electrons. The average molecular weight is 872 g/mol. The lowest BCUT2D eigenvalue weighted by molar-refractivity contribution is 0.660. The van der Waals surface area contributed by atoms with Crippen LogP contribution in [0.1, 0.15) is 47.2 Å². The van der Waals surface area contributed by atoms with Crippen molar-refractivity contribution in [2.24, 2.45) is 0 Å². The highest BCUT2D eigenvalue weighted by molar-refractivity contribution is 7.25. The van der Waals surface area contributed by atoms with Gasteiger partial charge >= 0.3 is 0 Å². The zero-order valence-corrected chi connectivity index (χ0v) is 37.8. The minimum atomic E-state index is -0.653. The van der Waals surface area contributed by atoms with E-state index in [1.54, 1.807) is 0 Å². The fourth-order valence-electron chi connectivity index (χ4n) is 12.6. The third-order valence-corrected chi connectivity index (χ3v) is 16.6. The number of para-hydroxylation sites is 1. The molecule has 0 N–H and O–H groups in total. The molecule has 0 saturated carbocycles. The zero-order valence-electron chi connectivity index (χ0n) is 37.0. The number of nitrogens with zero attached hydrogens (tertiary/aromatic N) is 1. The van der Waals surface area contributed by atoms with E-state index in [0.29, 0.717) is 0 Å². The van der Waals surface area contributed by atoms with Crippen LogP contribution in [-0.2, 0) is 10.8 Å². The second-order valence-electron chi connectivity index (χ2n) is 19.1. The number of thiophene rings is 1. The molecule has 2 heterocycles. The first-order chi connectivity index (χ1) is 33.0. The molecule has 1 atom stereocenters. The second-order valence-corrected chi connectivity index (χ2v) is 20.2. The molecule has 1 unspecified atom stereocenters. The summed E-state index contributed by atoms with van der Waals surface area (Å²) >= 11 is 1.90. The Balaban J connectivity index is 1.06. The van der Waals surface area contributed by atoms with Gasteiger partial charge in [-0.1, -0.05) is 159 Å². The SMILES string of the molecule is CC1(C)c2ccccc2-c2ccc(N(c3ccc4c(c3)C3(c5ccccc5-c5ccccc5-4)c4ccccc4-c4cc5sc6ccccc6c5cc43)c3ccc4c(c3)oc3ccccc34)cc21. The van der Waals surface area contributed by atoms with Gasteiger partial charge in [-0.05, 0) is 139 Å². The summed E-state index contributed by atoms with van der Waals surface area (Å²) in [5.74, 6) is 0. The van der Waals surface area contributed by atoms with E-state index in [1.165, 1.54) is 98.1 Å². The summed E-state index contributed by atoms with van der Waals surface area (Å²) in [5, 5.41) is 4.86. The van der Waals surface area contributed by atoms with Gasteiger partial charge in [-0.3, -0.25) is 0 Å². The van der Waals surface area contributed by atoms with Crippen molar-refractivity contribution < 1.29 is 4.42 Å². The molecule has 3 aliphatic carbocycles. The summed E-state index contributed by atoms with van der Waals surface area (Å²) in [4.78, 5) is 2.47. The van der Waals surface area contributed by atoms with Crippen LogP contribution in [-0.4, -0.2) is 0 Å². The number of fused-ring (bicyclic) bond motifs is 21. The highest BCUT2D eigenvalue weighted by Gasteiger charge is 2.50. The van der Waals surface area contributed by atoms with E-state index >= 15 is 0 Å². The van der Waals surface area contributed by atoms with Gasteiger partial charge < -0.3 is 9.32 Å². The number of hydrogen-bond donors (Lipinski definition) is 0. The zero-order chi connectivity index (χ0) is 44.2. The molecule has 12 aromatic rings. The highest BCUT2D eigenvalue weighted by atomic mass is 32.1. The van der Waals surface area contributed by atoms with Crippen molar-refractivity contribution in [3.8, 4) is 44.5 Å². The van der Waals surface area contributed by atoms with Crippen molar-refractivity contribution in [3.63, 3.8) is 0 Å². The van der Waals surface area contributed by atoms with E-state index in [1.807, 2.05) is 11.3 Å². The van der Waals surface area contributed by atoms with Crippen molar-refractivity contribution in [3.05, 3.63) is 246 Å². The smallest absolute Gasteiger partial charge is 0.137 e. The molecular weight excluding hydrogens is 831 g/mol. The van der Waals surface area contributed by atoms with Crippen LogP contribution >= 0.6 is 11.3 Å². The van der Waals surface area contributed by atoms with E-state index < -0.39 is 5.41 Å². The Morgan fingerprint density at radius 2 is 0.821 bits per heavy atom. The first-order valence-corrected chi connectivity index (χ1v) is 24.1. The van der Waals surface area contributed by atoms with Gasteiger partial charge in [0.05, 0.1) is 5.41 Å². The van der Waals surface area contributed by atoms with Crippen molar-refractivity contribution in [2.45, 2.75) is 24.7 Å². The number of hydrogen-bond acceptors (Lipinski definition) is 3. The molecule has 67 heavy (non-hydrogen) atoms. The van der Waals surface area contributed by atoms with Crippen LogP contribution in [0.5, 0.6) is 0 Å². The van der Waals surface area contributed by atoms with Gasteiger partial charge in [-0.25, -0.2) is 0 Å². The molecule has 0 amide bonds. The number of rotatable bonds is 3. The van der Waals surface area contributed by atoms with Crippen molar-refractivity contribution in [1.82, 2.24) is 0 Å². The quantitative estimate of drug-likeness (QED) is 0.176. The Morgan fingerprint density at radius 3 is 1.55 bits per heavy atom. The maximum atomic E-state index is 6.64. The van der Waals surface area contributed by atoms with Crippen LogP contribution in [0.2, 0.25) is 0 Å². The van der Waals surface area contributed by atoms with E-state index in [4.69, 9.17) is 4.42 Å². The third kappa shape index (κ3) is 4.89. The van der Waals surface area contributed by atoms with Gasteiger partial charge in [-0.2, -0.15) is 0 Å². The van der Waals surface area contributed by atoms with E-state index in [0.717, 1.165) is 39.0 Å². The summed E-state index contributed by atoms with van der Waals surface area (Å²) in [5.41, 5.74) is 22.3. The molecule has 2 nitrogen and oxygen atoms in total. The molecule has 0 bridgehead atoms. The van der Waals surface area contributed by atoms with Crippen LogP contribution in [0.4, 0.5) is 17.1 Å². The molecule has 0 saturated heterocycles. The highest BCUT2D eigenvalue weighted by Crippen LogP contribution is 2.63. The molecule has 0 fully saturated rings. The topological polar surface area (TPSA) is 16.4 Å². The molecular formula is C64H41NOS. The molecule has 3 aliphatic rings. The van der Waals surface area contributed by atoms with Gasteiger partial charge in [0.15, 0.2) is 0 Å². The summed E-state index contributed by atoms with van der Waals surface area (Å²) in [6.45, 7) is 4.74. The number of benzene rings is 10. The first-order valence-electron chi connectivity index (χ1n) is 23.3. The first kappa shape index (κ1) is 37.3. The monoisotopic (exact) mass is 871 g/mol. The predicted molar refractivity (Wildman–Crippen MR) is 281 cm³/mol. The fraction of sp³-hybridized carbons (Fsp3) is 0.0625. The lowest BCUT2D eigenvalue weighted by Crippen LogP contribution is -2.29. The normalized spacial score (nSPS) is 15.8. The van der Waals surface area contributed by atoms with Crippen LogP contribution in [0.25, 0.3) is 86.6 Å². The Labute approximate surface area is 392 Å². The minimum absolute atomic E-state index is 0.171. The van der Waals surface area contributed by atoms with Crippen LogP contribution in [0.3, 0.4) is 0 Å².